The molecule has 11 heteroatoms. The van der Waals surface area contributed by atoms with Crippen molar-refractivity contribution in [2.45, 2.75) is 11.7 Å². The molecule has 2 aromatic carbocycles. The predicted molar refractivity (Wildman–Crippen MR) is 121 cm³/mol. The van der Waals surface area contributed by atoms with Crippen LogP contribution in [0.15, 0.2) is 63.3 Å². The molecule has 9 nitrogen and oxygen atoms in total. The van der Waals surface area contributed by atoms with Gasteiger partial charge in [0.25, 0.3) is 5.95 Å². The smallest absolute Gasteiger partial charge is 0.264 e. The van der Waals surface area contributed by atoms with Crippen LogP contribution in [0.1, 0.15) is 11.1 Å². The van der Waals surface area contributed by atoms with Crippen LogP contribution in [0.4, 0.5) is 5.95 Å². The van der Waals surface area contributed by atoms with Gasteiger partial charge in [-0.05, 0) is 35.4 Å². The van der Waals surface area contributed by atoms with Gasteiger partial charge in [0.2, 0.25) is 11.1 Å². The average Bonchev–Trinajstić information content (AvgIpc) is 3.10. The fourth-order valence-corrected chi connectivity index (χ4v) is 3.43. The number of thioether (sulfide) groups is 1. The Morgan fingerprint density at radius 1 is 1.30 bits per heavy atom. The van der Waals surface area contributed by atoms with Crippen molar-refractivity contribution in [2.75, 3.05) is 24.1 Å². The molecule has 30 heavy (non-hydrogen) atoms. The molecule has 0 fully saturated rings. The van der Waals surface area contributed by atoms with Crippen LogP contribution in [0.2, 0.25) is 0 Å². The van der Waals surface area contributed by atoms with Crippen molar-refractivity contribution in [2.24, 2.45) is 5.10 Å². The van der Waals surface area contributed by atoms with E-state index in [1.807, 2.05) is 48.5 Å². The Morgan fingerprint density at radius 2 is 2.10 bits per heavy atom. The van der Waals surface area contributed by atoms with Gasteiger partial charge in [0.05, 0.1) is 19.1 Å². The van der Waals surface area contributed by atoms with Crippen molar-refractivity contribution < 1.29 is 9.53 Å². The van der Waals surface area contributed by atoms with Crippen LogP contribution < -0.4 is 21.3 Å². The van der Waals surface area contributed by atoms with Gasteiger partial charge in [-0.15, -0.1) is 10.2 Å². The number of anilines is 1. The highest BCUT2D eigenvalue weighted by atomic mass is 79.9. The Kier molecular flexibility index (Phi) is 7.69. The molecule has 1 amide bonds. The molecule has 3 aromatic rings. The summed E-state index contributed by atoms with van der Waals surface area (Å²) in [6, 6.07) is 15.2. The summed E-state index contributed by atoms with van der Waals surface area (Å²) < 4.78 is 7.32. The van der Waals surface area contributed by atoms with Crippen LogP contribution in [0.5, 0.6) is 5.75 Å². The van der Waals surface area contributed by atoms with Gasteiger partial charge in [0.15, 0.2) is 0 Å². The molecule has 0 saturated heterocycles. The van der Waals surface area contributed by atoms with Crippen LogP contribution in [-0.4, -0.2) is 39.9 Å². The van der Waals surface area contributed by atoms with E-state index in [9.17, 15) is 4.79 Å². The Labute approximate surface area is 186 Å². The van der Waals surface area contributed by atoms with Crippen molar-refractivity contribution in [3.8, 4) is 5.75 Å². The third-order valence-corrected chi connectivity index (χ3v) is 5.31. The number of hydrogen-bond donors (Lipinski definition) is 3. The Balaban J connectivity index is 1.46. The van der Waals surface area contributed by atoms with Crippen LogP contribution in [0, 0.1) is 0 Å². The van der Waals surface area contributed by atoms with Crippen LogP contribution in [-0.2, 0) is 11.3 Å². The van der Waals surface area contributed by atoms with Crippen LogP contribution in [0.3, 0.4) is 0 Å². The third kappa shape index (κ3) is 6.22. The van der Waals surface area contributed by atoms with E-state index in [0.717, 1.165) is 21.3 Å². The molecule has 0 bridgehead atoms. The molecular weight excluding hydrogens is 470 g/mol. The molecule has 0 radical (unpaired) electrons. The molecule has 0 spiro atoms. The Hall–Kier alpha value is -3.05. The second kappa shape index (κ2) is 10.6. The quantitative estimate of drug-likeness (QED) is 0.183. The average molecular weight is 490 g/mol. The molecule has 0 aliphatic carbocycles. The number of carbonyl (C=O) groups is 1. The number of methoxy groups -OCH3 is 1. The summed E-state index contributed by atoms with van der Waals surface area (Å²) in [4.78, 5) is 12.1. The lowest BCUT2D eigenvalue weighted by Crippen LogP contribution is -2.25. The zero-order valence-corrected chi connectivity index (χ0v) is 18.5. The normalized spacial score (nSPS) is 10.9. The zero-order valence-electron chi connectivity index (χ0n) is 16.1. The summed E-state index contributed by atoms with van der Waals surface area (Å²) in [5.74, 6) is 7.03. The molecular formula is C19H20BrN7O2S. The summed E-state index contributed by atoms with van der Waals surface area (Å²) in [6.07, 6.45) is 1.64. The molecule has 0 aliphatic rings. The lowest BCUT2D eigenvalue weighted by molar-refractivity contribution is -0.118. The summed E-state index contributed by atoms with van der Waals surface area (Å²) in [7, 11) is 1.61. The molecule has 0 unspecified atom stereocenters. The van der Waals surface area contributed by atoms with E-state index >= 15 is 0 Å². The first kappa shape index (κ1) is 21.7. The topological polar surface area (TPSA) is 119 Å². The van der Waals surface area contributed by atoms with Gasteiger partial charge in [-0.1, -0.05) is 52.0 Å². The highest BCUT2D eigenvalue weighted by molar-refractivity contribution is 9.10. The number of carbonyl (C=O) groups excluding carboxylic acids is 1. The summed E-state index contributed by atoms with van der Waals surface area (Å²) in [5.41, 5.74) is 4.62. The molecule has 0 atom stereocenters. The Bertz CT molecular complexity index is 1020. The van der Waals surface area contributed by atoms with Gasteiger partial charge in [0, 0.05) is 11.0 Å². The van der Waals surface area contributed by atoms with Crippen molar-refractivity contribution in [1.82, 2.24) is 20.2 Å². The fourth-order valence-electron chi connectivity index (χ4n) is 2.33. The minimum Gasteiger partial charge on any atom is -0.497 e. The van der Waals surface area contributed by atoms with E-state index in [4.69, 9.17) is 10.6 Å². The van der Waals surface area contributed by atoms with E-state index in [2.05, 4.69) is 42.0 Å². The molecule has 3 rings (SSSR count). The van der Waals surface area contributed by atoms with Crippen LogP contribution in [0.25, 0.3) is 0 Å². The number of rotatable bonds is 9. The Morgan fingerprint density at radius 3 is 2.83 bits per heavy atom. The van der Waals surface area contributed by atoms with E-state index in [0.29, 0.717) is 11.7 Å². The monoisotopic (exact) mass is 489 g/mol. The van der Waals surface area contributed by atoms with Crippen molar-refractivity contribution in [3.63, 3.8) is 0 Å². The molecule has 4 N–H and O–H groups in total. The zero-order chi connectivity index (χ0) is 21.3. The number of nitrogen functional groups attached to an aromatic ring is 1. The number of nitrogens with one attached hydrogen (secondary N) is 2. The van der Waals surface area contributed by atoms with Gasteiger partial charge >= 0.3 is 0 Å². The summed E-state index contributed by atoms with van der Waals surface area (Å²) >= 11 is 4.59. The summed E-state index contributed by atoms with van der Waals surface area (Å²) in [6.45, 7) is 0.426. The molecule has 0 saturated carbocycles. The second-order valence-electron chi connectivity index (χ2n) is 6.01. The first-order chi connectivity index (χ1) is 14.5. The van der Waals surface area contributed by atoms with E-state index in [-0.39, 0.29) is 17.6 Å². The lowest BCUT2D eigenvalue weighted by Gasteiger charge is -2.06. The van der Waals surface area contributed by atoms with Gasteiger partial charge in [0.1, 0.15) is 5.75 Å². The number of amides is 1. The number of nitrogens with zero attached hydrogens (tertiary/aromatic N) is 4. The maximum atomic E-state index is 12.1. The maximum Gasteiger partial charge on any atom is 0.264 e. The minimum absolute atomic E-state index is 0.138. The predicted octanol–water partition coefficient (Wildman–Crippen LogP) is 2.62. The number of benzene rings is 2. The number of ether oxygens (including phenoxy) is 1. The molecule has 1 heterocycles. The fraction of sp³-hybridized carbons (Fsp3) is 0.158. The van der Waals surface area contributed by atoms with Gasteiger partial charge in [-0.25, -0.2) is 10.1 Å². The first-order valence-electron chi connectivity index (χ1n) is 8.82. The van der Waals surface area contributed by atoms with E-state index < -0.39 is 0 Å². The van der Waals surface area contributed by atoms with Gasteiger partial charge in [-0.2, -0.15) is 5.10 Å². The van der Waals surface area contributed by atoms with Crippen molar-refractivity contribution in [3.05, 3.63) is 64.1 Å². The van der Waals surface area contributed by atoms with Crippen LogP contribution >= 0.6 is 27.7 Å². The minimum atomic E-state index is -0.138. The van der Waals surface area contributed by atoms with E-state index in [1.54, 1.807) is 13.3 Å². The van der Waals surface area contributed by atoms with Crippen molar-refractivity contribution in [1.29, 1.82) is 0 Å². The molecule has 0 aliphatic heterocycles. The largest absolute Gasteiger partial charge is 0.497 e. The van der Waals surface area contributed by atoms with Gasteiger partial charge in [-0.3, -0.25) is 4.79 Å². The SMILES string of the molecule is COc1ccc(CNC(=O)CSc2nnc(N/N=C/c3cccc(Br)c3)n2N)cc1. The number of halogens is 1. The third-order valence-electron chi connectivity index (χ3n) is 3.87. The number of hydrazone groups is 1. The number of hydrogen-bond acceptors (Lipinski definition) is 8. The molecule has 156 valence electrons. The molecule has 1 aromatic heterocycles. The maximum absolute atomic E-state index is 12.1. The van der Waals surface area contributed by atoms with Crippen molar-refractivity contribution >= 4 is 45.8 Å². The number of nitrogens with two attached hydrogens (primary N) is 1. The van der Waals surface area contributed by atoms with Gasteiger partial charge < -0.3 is 15.9 Å². The lowest BCUT2D eigenvalue weighted by atomic mass is 10.2. The highest BCUT2D eigenvalue weighted by Gasteiger charge is 2.12. The standard InChI is InChI=1S/C19H20BrN7O2S/c1-29-16-7-5-13(6-8-16)10-22-17(28)12-30-19-26-25-18(27(19)21)24-23-11-14-3-2-4-15(20)9-14/h2-9,11H,10,12,21H2,1H3,(H,22,28)(H,24,25)/b23-11+. The summed E-state index contributed by atoms with van der Waals surface area (Å²) in [5, 5.41) is 15.3. The second-order valence-corrected chi connectivity index (χ2v) is 7.87. The first-order valence-corrected chi connectivity index (χ1v) is 10.6. The number of aromatic nitrogens is 3. The highest BCUT2D eigenvalue weighted by Crippen LogP contribution is 2.17. The van der Waals surface area contributed by atoms with E-state index in [1.165, 1.54) is 16.4 Å².